The summed E-state index contributed by atoms with van der Waals surface area (Å²) in [6.45, 7) is 7.72. The molecular weight excluding hydrogens is 270 g/mol. The largest absolute Gasteiger partial charge is 0.381 e. The number of carbonyl (C=O) groups is 2. The molecule has 1 aliphatic rings. The number of likely N-dealkylation sites (tertiary alicyclic amines) is 1. The van der Waals surface area contributed by atoms with E-state index in [9.17, 15) is 9.59 Å². The molecule has 1 aliphatic heterocycles. The fourth-order valence-corrected chi connectivity index (χ4v) is 2.43. The second kappa shape index (κ2) is 9.60. The number of rotatable bonds is 8. The van der Waals surface area contributed by atoms with Crippen molar-refractivity contribution in [1.82, 2.24) is 10.2 Å². The van der Waals surface area contributed by atoms with Gasteiger partial charge in [0.05, 0.1) is 0 Å². The predicted octanol–water partition coefficient (Wildman–Crippen LogP) is 1.35. The highest BCUT2D eigenvalue weighted by molar-refractivity contribution is 5.75. The molecule has 1 fully saturated rings. The number of nitrogens with zero attached hydrogens (tertiary/aromatic N) is 1. The monoisotopic (exact) mass is 299 g/mol. The van der Waals surface area contributed by atoms with Gasteiger partial charge >= 0.3 is 6.03 Å². The molecule has 122 valence electrons. The third kappa shape index (κ3) is 7.90. The summed E-state index contributed by atoms with van der Waals surface area (Å²) in [6, 6.07) is -0.0172. The summed E-state index contributed by atoms with van der Waals surface area (Å²) in [4.78, 5) is 24.6. The normalized spacial score (nSPS) is 16.2. The van der Waals surface area contributed by atoms with Gasteiger partial charge in [0, 0.05) is 39.3 Å². The van der Waals surface area contributed by atoms with E-state index in [1.165, 1.54) is 0 Å². The van der Waals surface area contributed by atoms with E-state index in [0.29, 0.717) is 44.5 Å². The zero-order chi connectivity index (χ0) is 15.7. The van der Waals surface area contributed by atoms with Gasteiger partial charge in [0.25, 0.3) is 0 Å². The molecule has 0 aliphatic carbocycles. The molecule has 21 heavy (non-hydrogen) atoms. The number of urea groups is 1. The van der Waals surface area contributed by atoms with Crippen LogP contribution in [0.4, 0.5) is 4.79 Å². The molecule has 0 bridgehead atoms. The van der Waals surface area contributed by atoms with Crippen molar-refractivity contribution in [3.63, 3.8) is 0 Å². The summed E-state index contributed by atoms with van der Waals surface area (Å²) in [5.41, 5.74) is 5.20. The van der Waals surface area contributed by atoms with Gasteiger partial charge in [-0.2, -0.15) is 0 Å². The molecule has 0 radical (unpaired) electrons. The minimum atomic E-state index is -0.251. The second-order valence-electron chi connectivity index (χ2n) is 6.16. The maximum Gasteiger partial charge on any atom is 0.317 e. The number of primary amides is 1. The van der Waals surface area contributed by atoms with Gasteiger partial charge in [-0.1, -0.05) is 13.8 Å². The molecule has 3 amide bonds. The van der Waals surface area contributed by atoms with E-state index in [4.69, 9.17) is 10.5 Å². The molecule has 0 aromatic carbocycles. The Balaban J connectivity index is 2.07. The number of piperidine rings is 1. The van der Waals surface area contributed by atoms with Crippen LogP contribution in [0.15, 0.2) is 0 Å². The molecule has 0 spiro atoms. The van der Waals surface area contributed by atoms with Crippen LogP contribution in [-0.2, 0) is 9.53 Å². The zero-order valence-electron chi connectivity index (χ0n) is 13.3. The van der Waals surface area contributed by atoms with Crippen LogP contribution in [0.5, 0.6) is 0 Å². The maximum atomic E-state index is 12.0. The van der Waals surface area contributed by atoms with Gasteiger partial charge in [-0.15, -0.1) is 0 Å². The first-order chi connectivity index (χ1) is 9.99. The van der Waals surface area contributed by atoms with E-state index in [1.54, 1.807) is 0 Å². The first-order valence-electron chi connectivity index (χ1n) is 7.88. The lowest BCUT2D eigenvalue weighted by Gasteiger charge is -2.31. The van der Waals surface area contributed by atoms with Gasteiger partial charge in [-0.25, -0.2) is 4.79 Å². The number of hydrogen-bond donors (Lipinski definition) is 2. The quantitative estimate of drug-likeness (QED) is 0.663. The van der Waals surface area contributed by atoms with Gasteiger partial charge in [-0.05, 0) is 31.1 Å². The fourth-order valence-electron chi connectivity index (χ4n) is 2.43. The van der Waals surface area contributed by atoms with Crippen molar-refractivity contribution in [2.45, 2.75) is 39.5 Å². The van der Waals surface area contributed by atoms with Gasteiger partial charge in [0.15, 0.2) is 0 Å². The number of nitrogens with two attached hydrogens (primary N) is 1. The van der Waals surface area contributed by atoms with E-state index in [1.807, 2.05) is 4.90 Å². The number of amides is 3. The molecule has 3 N–H and O–H groups in total. The lowest BCUT2D eigenvalue weighted by Crippen LogP contribution is -2.45. The Morgan fingerprint density at radius 3 is 2.57 bits per heavy atom. The smallest absolute Gasteiger partial charge is 0.317 e. The van der Waals surface area contributed by atoms with E-state index in [0.717, 1.165) is 25.9 Å². The Hall–Kier alpha value is -1.30. The van der Waals surface area contributed by atoms with Gasteiger partial charge in [-0.3, -0.25) is 4.79 Å². The fraction of sp³-hybridized carbons (Fsp3) is 0.867. The molecule has 0 aromatic rings. The standard InChI is InChI=1S/C15H29N3O3/c1-12(2)11-21-9-3-6-17-15(20)18-7-4-13(5-8-18)10-14(16)19/h12-13H,3-11H2,1-2H3,(H2,16,19)(H,17,20). The van der Waals surface area contributed by atoms with Crippen LogP contribution in [0.2, 0.25) is 0 Å². The molecule has 1 saturated heterocycles. The lowest BCUT2D eigenvalue weighted by molar-refractivity contribution is -0.119. The van der Waals surface area contributed by atoms with Gasteiger partial charge in [0.1, 0.15) is 0 Å². The number of ether oxygens (including phenoxy) is 1. The average Bonchev–Trinajstić information content (AvgIpc) is 2.42. The van der Waals surface area contributed by atoms with Crippen molar-refractivity contribution in [2.75, 3.05) is 32.8 Å². The van der Waals surface area contributed by atoms with Crippen LogP contribution >= 0.6 is 0 Å². The molecule has 0 unspecified atom stereocenters. The van der Waals surface area contributed by atoms with Crippen molar-refractivity contribution in [2.24, 2.45) is 17.6 Å². The molecule has 6 heteroatoms. The SMILES string of the molecule is CC(C)COCCCNC(=O)N1CCC(CC(N)=O)CC1. The van der Waals surface area contributed by atoms with Crippen molar-refractivity contribution in [3.05, 3.63) is 0 Å². The summed E-state index contributed by atoms with van der Waals surface area (Å²) in [5.74, 6) is 0.622. The van der Waals surface area contributed by atoms with Crippen LogP contribution in [0.1, 0.15) is 39.5 Å². The highest BCUT2D eigenvalue weighted by Gasteiger charge is 2.23. The zero-order valence-corrected chi connectivity index (χ0v) is 13.3. The van der Waals surface area contributed by atoms with Crippen LogP contribution in [-0.4, -0.2) is 49.7 Å². The first kappa shape index (κ1) is 17.8. The molecule has 6 nitrogen and oxygen atoms in total. The van der Waals surface area contributed by atoms with Gasteiger partial charge < -0.3 is 20.7 Å². The summed E-state index contributed by atoms with van der Waals surface area (Å²) in [5, 5.41) is 2.91. The summed E-state index contributed by atoms with van der Waals surface area (Å²) >= 11 is 0. The van der Waals surface area contributed by atoms with E-state index >= 15 is 0 Å². The number of hydrogen-bond acceptors (Lipinski definition) is 3. The van der Waals surface area contributed by atoms with Crippen molar-refractivity contribution in [3.8, 4) is 0 Å². The lowest BCUT2D eigenvalue weighted by atomic mass is 9.93. The van der Waals surface area contributed by atoms with Crippen LogP contribution in [0.25, 0.3) is 0 Å². The Bertz CT molecular complexity index is 326. The van der Waals surface area contributed by atoms with Gasteiger partial charge in [0.2, 0.25) is 5.91 Å². The van der Waals surface area contributed by atoms with Crippen LogP contribution in [0.3, 0.4) is 0 Å². The third-order valence-electron chi connectivity index (χ3n) is 3.58. The molecule has 0 saturated carbocycles. The van der Waals surface area contributed by atoms with Crippen molar-refractivity contribution < 1.29 is 14.3 Å². The Morgan fingerprint density at radius 2 is 2.00 bits per heavy atom. The minimum Gasteiger partial charge on any atom is -0.381 e. The molecular formula is C15H29N3O3. The summed E-state index contributed by atoms with van der Waals surface area (Å²) in [6.07, 6.45) is 2.97. The molecule has 1 heterocycles. The van der Waals surface area contributed by atoms with E-state index < -0.39 is 0 Å². The highest BCUT2D eigenvalue weighted by Crippen LogP contribution is 2.19. The summed E-state index contributed by atoms with van der Waals surface area (Å²) < 4.78 is 5.46. The second-order valence-corrected chi connectivity index (χ2v) is 6.16. The Kier molecular flexibility index (Phi) is 8.12. The Morgan fingerprint density at radius 1 is 1.33 bits per heavy atom. The molecule has 1 rings (SSSR count). The predicted molar refractivity (Wildman–Crippen MR) is 81.8 cm³/mol. The van der Waals surface area contributed by atoms with Crippen LogP contribution in [0, 0.1) is 11.8 Å². The van der Waals surface area contributed by atoms with Crippen molar-refractivity contribution >= 4 is 11.9 Å². The number of nitrogens with one attached hydrogen (secondary N) is 1. The average molecular weight is 299 g/mol. The maximum absolute atomic E-state index is 12.0. The molecule has 0 atom stereocenters. The van der Waals surface area contributed by atoms with Crippen molar-refractivity contribution in [1.29, 1.82) is 0 Å². The van der Waals surface area contributed by atoms with E-state index in [-0.39, 0.29) is 11.9 Å². The van der Waals surface area contributed by atoms with E-state index in [2.05, 4.69) is 19.2 Å². The first-order valence-corrected chi connectivity index (χ1v) is 7.88. The van der Waals surface area contributed by atoms with Crippen LogP contribution < -0.4 is 11.1 Å². The summed E-state index contributed by atoms with van der Waals surface area (Å²) in [7, 11) is 0. The molecule has 0 aromatic heterocycles. The minimum absolute atomic E-state index is 0.0172. The topological polar surface area (TPSA) is 84.7 Å². The number of carbonyl (C=O) groups excluding carboxylic acids is 2. The Labute approximate surface area is 127 Å². The third-order valence-corrected chi connectivity index (χ3v) is 3.58. The highest BCUT2D eigenvalue weighted by atomic mass is 16.5.